The summed E-state index contributed by atoms with van der Waals surface area (Å²) in [6, 6.07) is 0. The number of nitrogens with zero attached hydrogens (tertiary/aromatic N) is 1. The monoisotopic (exact) mass is 485 g/mol. The van der Waals surface area contributed by atoms with Gasteiger partial charge in [0, 0.05) is 0 Å². The molecule has 0 aromatic rings. The zero-order chi connectivity index (χ0) is 23.0. The Morgan fingerprint density at radius 2 is 0.862 bits per heavy atom. The van der Waals surface area contributed by atoms with E-state index < -0.39 is 23.5 Å². The second-order valence-electron chi connectivity index (χ2n) is 6.58. The maximum absolute atomic E-state index is 10.4. The van der Waals surface area contributed by atoms with Crippen molar-refractivity contribution in [1.29, 1.82) is 0 Å². The molecule has 0 amide bonds. The molecule has 0 aliphatic heterocycles. The van der Waals surface area contributed by atoms with Crippen molar-refractivity contribution in [3.63, 3.8) is 0 Å². The van der Waals surface area contributed by atoms with Gasteiger partial charge in [-0.05, 0) is 38.9 Å². The topological polar surface area (TPSA) is 174 Å². The third-order valence-corrected chi connectivity index (χ3v) is 7.01. The van der Waals surface area contributed by atoms with Gasteiger partial charge >= 0.3 is 23.5 Å². The van der Waals surface area contributed by atoms with E-state index in [0.717, 1.165) is 0 Å². The van der Waals surface area contributed by atoms with Gasteiger partial charge in [0.15, 0.2) is 0 Å². The maximum atomic E-state index is 10.4. The summed E-state index contributed by atoms with van der Waals surface area (Å²) in [4.78, 5) is 42.9. The summed E-state index contributed by atoms with van der Waals surface area (Å²) >= 11 is 0. The van der Waals surface area contributed by atoms with Gasteiger partial charge in [0.2, 0.25) is 0 Å². The first-order valence-electron chi connectivity index (χ1n) is 9.85. The minimum atomic E-state index is -5.46. The van der Waals surface area contributed by atoms with Crippen LogP contribution in [0.4, 0.5) is 0 Å². The van der Waals surface area contributed by atoms with Gasteiger partial charge in [-0.1, -0.05) is 59.3 Å². The van der Waals surface area contributed by atoms with Crippen LogP contribution in [0.15, 0.2) is 0 Å². The van der Waals surface area contributed by atoms with Crippen molar-refractivity contribution in [3.05, 3.63) is 0 Å². The summed E-state index contributed by atoms with van der Waals surface area (Å²) in [5.74, 6) is 0. The van der Waals surface area contributed by atoms with Crippen molar-refractivity contribution in [2.24, 2.45) is 0 Å². The summed E-state index contributed by atoms with van der Waals surface area (Å²) in [6.07, 6.45) is 12.4. The van der Waals surface area contributed by atoms with E-state index >= 15 is 0 Å². The summed E-state index contributed by atoms with van der Waals surface area (Å²) in [5.41, 5.74) is 0. The average Bonchev–Trinajstić information content (AvgIpc) is 2.51. The third kappa shape index (κ3) is 26.3. The van der Waals surface area contributed by atoms with Gasteiger partial charge in [0.05, 0.1) is 0 Å². The predicted molar refractivity (Wildman–Crippen MR) is 111 cm³/mol. The fourth-order valence-electron chi connectivity index (χ4n) is 2.38. The number of hydrogen-bond acceptors (Lipinski definition) is 6. The van der Waals surface area contributed by atoms with Crippen LogP contribution in [0, 0.1) is 0 Å². The molecule has 178 valence electrons. The first kappa shape index (κ1) is 31.6. The van der Waals surface area contributed by atoms with Gasteiger partial charge in [-0.2, -0.15) is 8.62 Å². The van der Waals surface area contributed by atoms with Crippen molar-refractivity contribution in [2.75, 3.05) is 19.6 Å². The lowest BCUT2D eigenvalue weighted by Gasteiger charge is -2.22. The maximum Gasteiger partial charge on any atom is 0.490 e. The lowest BCUT2D eigenvalue weighted by atomic mass is 10.2. The van der Waals surface area contributed by atoms with Crippen LogP contribution in [0.2, 0.25) is 0 Å². The van der Waals surface area contributed by atoms with Crippen molar-refractivity contribution in [2.45, 2.75) is 78.6 Å². The van der Waals surface area contributed by atoms with Crippen LogP contribution in [0.1, 0.15) is 78.6 Å². The van der Waals surface area contributed by atoms with Crippen LogP contribution in [0.5, 0.6) is 0 Å². The smallest absolute Gasteiger partial charge is 0.303 e. The lowest BCUT2D eigenvalue weighted by molar-refractivity contribution is 0.204. The highest BCUT2D eigenvalue weighted by molar-refractivity contribution is 7.66. The molecule has 5 N–H and O–H groups in total. The van der Waals surface area contributed by atoms with Gasteiger partial charge < -0.3 is 29.4 Å². The highest BCUT2D eigenvalue weighted by atomic mass is 31.3. The Morgan fingerprint density at radius 1 is 0.586 bits per heavy atom. The molecular formula is C15H38NO10P3. The van der Waals surface area contributed by atoms with Crippen LogP contribution < -0.4 is 0 Å². The molecule has 0 spiro atoms. The molecule has 0 aliphatic carbocycles. The van der Waals surface area contributed by atoms with Crippen LogP contribution >= 0.6 is 23.5 Å². The van der Waals surface area contributed by atoms with Crippen LogP contribution in [0.25, 0.3) is 0 Å². The molecule has 14 heteroatoms. The van der Waals surface area contributed by atoms with Gasteiger partial charge in [-0.15, -0.1) is 0 Å². The van der Waals surface area contributed by atoms with Crippen molar-refractivity contribution in [3.8, 4) is 0 Å². The molecule has 0 fully saturated rings. The summed E-state index contributed by atoms with van der Waals surface area (Å²) in [6.45, 7) is 10.9. The van der Waals surface area contributed by atoms with Gasteiger partial charge in [0.25, 0.3) is 0 Å². The molecule has 0 saturated heterocycles. The molecule has 0 aliphatic rings. The van der Waals surface area contributed by atoms with E-state index in [0.29, 0.717) is 0 Å². The van der Waals surface area contributed by atoms with Gasteiger partial charge in [-0.25, -0.2) is 13.7 Å². The van der Waals surface area contributed by atoms with Crippen LogP contribution in [-0.4, -0.2) is 49.0 Å². The molecular weight excluding hydrogens is 447 g/mol. The third-order valence-electron chi connectivity index (χ3n) is 3.65. The van der Waals surface area contributed by atoms with E-state index in [9.17, 15) is 13.7 Å². The van der Waals surface area contributed by atoms with E-state index in [1.165, 1.54) is 77.4 Å². The lowest BCUT2D eigenvalue weighted by Crippen LogP contribution is -2.27. The van der Waals surface area contributed by atoms with Crippen LogP contribution in [-0.2, 0) is 22.3 Å². The number of unbranched alkanes of at least 4 members (excludes halogenated alkanes) is 6. The molecule has 0 aromatic carbocycles. The Morgan fingerprint density at radius 3 is 1.07 bits per heavy atom. The van der Waals surface area contributed by atoms with Crippen molar-refractivity contribution in [1.82, 2.24) is 4.90 Å². The van der Waals surface area contributed by atoms with Crippen LogP contribution in [0.3, 0.4) is 0 Å². The molecule has 0 aromatic heterocycles. The molecule has 0 radical (unpaired) electrons. The Hall–Kier alpha value is 0.370. The summed E-state index contributed by atoms with van der Waals surface area (Å²) in [7, 11) is -16.2. The zero-order valence-electron chi connectivity index (χ0n) is 17.6. The minimum absolute atomic E-state index is 1.33. The van der Waals surface area contributed by atoms with E-state index in [-0.39, 0.29) is 0 Å². The predicted octanol–water partition coefficient (Wildman–Crippen LogP) is 4.16. The van der Waals surface area contributed by atoms with E-state index in [1.807, 2.05) is 0 Å². The minimum Gasteiger partial charge on any atom is -0.303 e. The van der Waals surface area contributed by atoms with E-state index in [2.05, 4.69) is 34.3 Å². The first-order valence-corrected chi connectivity index (χ1v) is 14.4. The highest BCUT2D eigenvalue weighted by Crippen LogP contribution is 2.64. The first-order chi connectivity index (χ1) is 13.3. The zero-order valence-corrected chi connectivity index (χ0v) is 20.2. The molecule has 11 nitrogen and oxygen atoms in total. The van der Waals surface area contributed by atoms with E-state index in [1.54, 1.807) is 0 Å². The molecule has 0 heterocycles. The molecule has 0 rings (SSSR count). The van der Waals surface area contributed by atoms with Crippen molar-refractivity contribution < 1.29 is 46.8 Å². The Labute approximate surface area is 173 Å². The number of hydrogen-bond donors (Lipinski definition) is 5. The average molecular weight is 485 g/mol. The molecule has 0 saturated carbocycles. The van der Waals surface area contributed by atoms with Gasteiger partial charge in [-0.3, -0.25) is 0 Å². The van der Waals surface area contributed by atoms with Crippen molar-refractivity contribution >= 4 is 23.5 Å². The standard InChI is InChI=1S/C15H33N.H5O10P3/c1-4-7-10-13-16(14-11-8-5-2)15-12-9-6-3;1-11(2,3)9-13(7,8)10-12(4,5)6/h4-15H2,1-3H3;(H,7,8)(H2,1,2,3)(H2,4,5,6). The Balaban J connectivity index is 0. The quantitative estimate of drug-likeness (QED) is 0.157. The largest absolute Gasteiger partial charge is 0.490 e. The number of phosphoric acid groups is 3. The van der Waals surface area contributed by atoms with E-state index in [4.69, 9.17) is 24.5 Å². The second kappa shape index (κ2) is 17.0. The highest BCUT2D eigenvalue weighted by Gasteiger charge is 2.38. The fraction of sp³-hybridized carbons (Fsp3) is 1.00. The molecule has 29 heavy (non-hydrogen) atoms. The summed E-state index contributed by atoms with van der Waals surface area (Å²) in [5, 5.41) is 0. The van der Waals surface area contributed by atoms with Gasteiger partial charge in [0.1, 0.15) is 0 Å². The molecule has 0 atom stereocenters. The SMILES string of the molecule is CCCCCN(CCCCC)CCCCC.O=P(O)(O)OP(=O)(O)OP(=O)(O)O. The molecule has 0 unspecified atom stereocenters. The number of rotatable bonds is 16. The second-order valence-corrected chi connectivity index (χ2v) is 10.8. The Bertz CT molecular complexity index is 485. The fourth-order valence-corrected chi connectivity index (χ4v) is 4.91. The normalized spacial score (nSPS) is 12.7. The summed E-state index contributed by atoms with van der Waals surface area (Å²) < 4.78 is 36.4. The Kier molecular flexibility index (Phi) is 18.5. The molecule has 0 bridgehead atoms.